The molecule has 6 rings (SSSR count). The van der Waals surface area contributed by atoms with Crippen molar-refractivity contribution in [2.24, 2.45) is 0 Å². The standard InChI is InChI=1S/C27H28N2O3/c1-16-19-9-5-10-21-24(19)29(26(16)30)14-6-13-28-22-15-18(27(31)32)11-12-20(22)23(25(21)28)17-7-3-2-4-8-17/h5,9-12,15-17H,2-4,6-8,13-14H2,1H3,(H,31,32). The highest BCUT2D eigenvalue weighted by molar-refractivity contribution is 6.10. The van der Waals surface area contributed by atoms with E-state index in [1.807, 2.05) is 24.0 Å². The van der Waals surface area contributed by atoms with Crippen molar-refractivity contribution in [2.75, 3.05) is 11.4 Å². The number of hydrogen-bond donors (Lipinski definition) is 1. The van der Waals surface area contributed by atoms with Crippen LogP contribution < -0.4 is 4.90 Å². The molecule has 1 atom stereocenters. The number of carboxylic acids is 1. The number of carboxylic acid groups (broad SMARTS) is 1. The molecule has 3 heterocycles. The number of hydrogen-bond acceptors (Lipinski definition) is 2. The van der Waals surface area contributed by atoms with Crippen molar-refractivity contribution in [1.29, 1.82) is 0 Å². The third kappa shape index (κ3) is 2.70. The second kappa shape index (κ2) is 7.22. The van der Waals surface area contributed by atoms with Gasteiger partial charge in [0.2, 0.25) is 5.91 Å². The van der Waals surface area contributed by atoms with Gasteiger partial charge in [-0.05, 0) is 55.4 Å². The minimum atomic E-state index is -0.890. The van der Waals surface area contributed by atoms with E-state index in [0.29, 0.717) is 18.0 Å². The topological polar surface area (TPSA) is 62.5 Å². The number of para-hydroxylation sites is 1. The molecule has 5 nitrogen and oxygen atoms in total. The van der Waals surface area contributed by atoms with Gasteiger partial charge in [0, 0.05) is 29.6 Å². The van der Waals surface area contributed by atoms with Gasteiger partial charge in [0.1, 0.15) is 0 Å². The Labute approximate surface area is 187 Å². The van der Waals surface area contributed by atoms with E-state index in [1.165, 1.54) is 48.7 Å². The molecule has 164 valence electrons. The highest BCUT2D eigenvalue weighted by Gasteiger charge is 2.39. The molecule has 1 unspecified atom stereocenters. The molecule has 32 heavy (non-hydrogen) atoms. The van der Waals surface area contributed by atoms with Gasteiger partial charge in [-0.3, -0.25) is 4.79 Å². The number of aromatic nitrogens is 1. The van der Waals surface area contributed by atoms with Gasteiger partial charge in [0.05, 0.1) is 22.9 Å². The zero-order chi connectivity index (χ0) is 22.0. The van der Waals surface area contributed by atoms with Gasteiger partial charge in [-0.2, -0.15) is 0 Å². The number of carbonyl (C=O) groups is 2. The lowest BCUT2D eigenvalue weighted by Gasteiger charge is -2.28. The molecule has 2 aliphatic heterocycles. The average Bonchev–Trinajstić information content (AvgIpc) is 3.24. The summed E-state index contributed by atoms with van der Waals surface area (Å²) in [5, 5.41) is 10.8. The average molecular weight is 429 g/mol. The van der Waals surface area contributed by atoms with E-state index >= 15 is 0 Å². The first-order chi connectivity index (χ1) is 15.6. The molecule has 3 aliphatic rings. The van der Waals surface area contributed by atoms with Crippen LogP contribution >= 0.6 is 0 Å². The van der Waals surface area contributed by atoms with Gasteiger partial charge in [0.25, 0.3) is 0 Å². The van der Waals surface area contributed by atoms with Crippen molar-refractivity contribution >= 4 is 28.5 Å². The maximum Gasteiger partial charge on any atom is 0.335 e. The van der Waals surface area contributed by atoms with Crippen molar-refractivity contribution in [3.8, 4) is 11.3 Å². The molecule has 1 N–H and O–H groups in total. The van der Waals surface area contributed by atoms with E-state index in [4.69, 9.17) is 0 Å². The zero-order valence-corrected chi connectivity index (χ0v) is 18.4. The molecule has 1 amide bonds. The van der Waals surface area contributed by atoms with Crippen LogP contribution in [0.25, 0.3) is 22.2 Å². The summed E-state index contributed by atoms with van der Waals surface area (Å²) >= 11 is 0. The highest BCUT2D eigenvalue weighted by Crippen LogP contribution is 2.50. The molecule has 0 bridgehead atoms. The third-order valence-corrected chi connectivity index (χ3v) is 7.82. The molecular weight excluding hydrogens is 400 g/mol. The first-order valence-corrected chi connectivity index (χ1v) is 11.9. The minimum Gasteiger partial charge on any atom is -0.478 e. The quantitative estimate of drug-likeness (QED) is 0.552. The predicted octanol–water partition coefficient (Wildman–Crippen LogP) is 5.91. The molecule has 3 aromatic rings. The van der Waals surface area contributed by atoms with Gasteiger partial charge in [-0.15, -0.1) is 0 Å². The molecular formula is C27H28N2O3. The lowest BCUT2D eigenvalue weighted by molar-refractivity contribution is -0.119. The smallest absolute Gasteiger partial charge is 0.335 e. The molecule has 0 saturated heterocycles. The number of rotatable bonds is 2. The van der Waals surface area contributed by atoms with Crippen molar-refractivity contribution < 1.29 is 14.7 Å². The fraction of sp³-hybridized carbons (Fsp3) is 0.407. The lowest BCUT2D eigenvalue weighted by Crippen LogP contribution is -2.31. The van der Waals surface area contributed by atoms with Crippen molar-refractivity contribution in [3.63, 3.8) is 0 Å². The van der Waals surface area contributed by atoms with Crippen LogP contribution in [0.1, 0.15) is 78.8 Å². The Morgan fingerprint density at radius 2 is 1.84 bits per heavy atom. The van der Waals surface area contributed by atoms with E-state index in [-0.39, 0.29) is 11.8 Å². The molecule has 1 fully saturated rings. The largest absolute Gasteiger partial charge is 0.478 e. The van der Waals surface area contributed by atoms with Crippen LogP contribution in [-0.4, -0.2) is 28.1 Å². The molecule has 2 aromatic carbocycles. The van der Waals surface area contributed by atoms with Crippen LogP contribution in [0.3, 0.4) is 0 Å². The first kappa shape index (κ1) is 19.6. The first-order valence-electron chi connectivity index (χ1n) is 11.9. The number of aryl methyl sites for hydroxylation is 1. The maximum atomic E-state index is 13.1. The van der Waals surface area contributed by atoms with Gasteiger partial charge < -0.3 is 14.6 Å². The Balaban J connectivity index is 1.70. The lowest BCUT2D eigenvalue weighted by atomic mass is 9.81. The summed E-state index contributed by atoms with van der Waals surface area (Å²) in [4.78, 5) is 26.8. The van der Waals surface area contributed by atoms with Crippen LogP contribution in [0, 0.1) is 0 Å². The van der Waals surface area contributed by atoms with Gasteiger partial charge >= 0.3 is 5.97 Å². The van der Waals surface area contributed by atoms with Crippen LogP contribution in [0.15, 0.2) is 36.4 Å². The Hall–Kier alpha value is -3.08. The monoisotopic (exact) mass is 428 g/mol. The number of carbonyl (C=O) groups excluding carboxylic acids is 1. The number of aromatic carboxylic acids is 1. The van der Waals surface area contributed by atoms with Crippen LogP contribution in [0.2, 0.25) is 0 Å². The number of benzene rings is 2. The van der Waals surface area contributed by atoms with Gasteiger partial charge in [-0.25, -0.2) is 4.79 Å². The molecule has 0 spiro atoms. The maximum absolute atomic E-state index is 13.1. The molecule has 0 radical (unpaired) electrons. The summed E-state index contributed by atoms with van der Waals surface area (Å²) in [5.74, 6) is -0.336. The molecule has 1 aliphatic carbocycles. The summed E-state index contributed by atoms with van der Waals surface area (Å²) in [6, 6.07) is 12.0. The summed E-state index contributed by atoms with van der Waals surface area (Å²) in [6.07, 6.45) is 6.94. The minimum absolute atomic E-state index is 0.113. The number of fused-ring (bicyclic) bond motifs is 4. The van der Waals surface area contributed by atoms with E-state index in [0.717, 1.165) is 35.3 Å². The number of anilines is 1. The Bertz CT molecular complexity index is 1270. The van der Waals surface area contributed by atoms with Crippen LogP contribution in [0.5, 0.6) is 0 Å². The Morgan fingerprint density at radius 3 is 2.62 bits per heavy atom. The summed E-state index contributed by atoms with van der Waals surface area (Å²) in [5.41, 5.74) is 7.24. The molecule has 1 saturated carbocycles. The van der Waals surface area contributed by atoms with E-state index < -0.39 is 5.97 Å². The summed E-state index contributed by atoms with van der Waals surface area (Å²) in [7, 11) is 0. The summed E-state index contributed by atoms with van der Waals surface area (Å²) < 4.78 is 2.35. The van der Waals surface area contributed by atoms with E-state index in [1.54, 1.807) is 6.07 Å². The highest BCUT2D eigenvalue weighted by atomic mass is 16.4. The van der Waals surface area contributed by atoms with E-state index in [2.05, 4.69) is 22.8 Å². The van der Waals surface area contributed by atoms with Crippen molar-refractivity contribution in [2.45, 2.75) is 63.8 Å². The molecule has 1 aromatic heterocycles. The van der Waals surface area contributed by atoms with Gasteiger partial charge in [-0.1, -0.05) is 43.5 Å². The second-order valence-electron chi connectivity index (χ2n) is 9.59. The summed E-state index contributed by atoms with van der Waals surface area (Å²) in [6.45, 7) is 3.49. The Kier molecular flexibility index (Phi) is 4.42. The molecule has 5 heteroatoms. The number of nitrogens with zero attached hydrogens (tertiary/aromatic N) is 2. The predicted molar refractivity (Wildman–Crippen MR) is 126 cm³/mol. The van der Waals surface area contributed by atoms with Crippen LogP contribution in [-0.2, 0) is 11.3 Å². The zero-order valence-electron chi connectivity index (χ0n) is 18.4. The van der Waals surface area contributed by atoms with Gasteiger partial charge in [0.15, 0.2) is 0 Å². The third-order valence-electron chi connectivity index (χ3n) is 7.82. The second-order valence-corrected chi connectivity index (χ2v) is 9.59. The van der Waals surface area contributed by atoms with Crippen LogP contribution in [0.4, 0.5) is 5.69 Å². The number of amides is 1. The normalized spacial score (nSPS) is 20.7. The fourth-order valence-electron chi connectivity index (χ4n) is 6.33. The van der Waals surface area contributed by atoms with Crippen molar-refractivity contribution in [3.05, 3.63) is 53.1 Å². The van der Waals surface area contributed by atoms with E-state index in [9.17, 15) is 14.7 Å². The fourth-order valence-corrected chi connectivity index (χ4v) is 6.33. The SMILES string of the molecule is CC1C(=O)N2CCCn3c(c(C4CCCCC4)c4ccc(C(=O)O)cc43)-c3cccc1c32. The van der Waals surface area contributed by atoms with Crippen molar-refractivity contribution in [1.82, 2.24) is 4.57 Å². The Morgan fingerprint density at radius 1 is 1.03 bits per heavy atom.